The van der Waals surface area contributed by atoms with E-state index in [0.717, 1.165) is 26.4 Å². The number of unbranched alkanes of at least 4 members (excludes halogenated alkanes) is 2. The summed E-state index contributed by atoms with van der Waals surface area (Å²) >= 11 is 0. The van der Waals surface area contributed by atoms with Crippen molar-refractivity contribution in [3.05, 3.63) is 0 Å². The summed E-state index contributed by atoms with van der Waals surface area (Å²) in [4.78, 5) is 4.48. The van der Waals surface area contributed by atoms with Crippen LogP contribution in [0.1, 0.15) is 19.3 Å². The van der Waals surface area contributed by atoms with Gasteiger partial charge in [-0.05, 0) is 19.3 Å². The van der Waals surface area contributed by atoms with Gasteiger partial charge in [-0.3, -0.25) is 0 Å². The Morgan fingerprint density at radius 3 is 1.47 bits per heavy atom. The molecule has 0 amide bonds. The molecule has 15 heavy (non-hydrogen) atoms. The van der Waals surface area contributed by atoms with Gasteiger partial charge in [-0.1, -0.05) is 0 Å². The van der Waals surface area contributed by atoms with Gasteiger partial charge in [0.05, 0.1) is 7.11 Å². The van der Waals surface area contributed by atoms with Crippen molar-refractivity contribution >= 4 is 0 Å². The molecule has 0 bridgehead atoms. The molecule has 0 aromatic heterocycles. The van der Waals surface area contributed by atoms with Crippen molar-refractivity contribution in [2.24, 2.45) is 0 Å². The fourth-order valence-electron chi connectivity index (χ4n) is 0.458. The summed E-state index contributed by atoms with van der Waals surface area (Å²) in [5.74, 6) is 0. The van der Waals surface area contributed by atoms with Crippen LogP contribution in [0.3, 0.4) is 0 Å². The first-order chi connectivity index (χ1) is 7.22. The fraction of sp³-hybridized carbons (Fsp3) is 1.00. The number of nitrogens with zero attached hydrogens (tertiary/aromatic N) is 1. The summed E-state index contributed by atoms with van der Waals surface area (Å²) in [5.41, 5.74) is 0. The third kappa shape index (κ3) is 31.6. The summed E-state index contributed by atoms with van der Waals surface area (Å²) in [6.45, 7) is 0.441. The van der Waals surface area contributed by atoms with Crippen LogP contribution >= 0.6 is 0 Å². The first kappa shape index (κ1) is 20.2. The molecular weight excluding hydrogens is 202 g/mol. The Balaban J connectivity index is -0.000000166. The van der Waals surface area contributed by atoms with Gasteiger partial charge in [-0.15, -0.1) is 0 Å². The van der Waals surface area contributed by atoms with Crippen LogP contribution in [0.4, 0.5) is 0 Å². The topological polar surface area (TPSA) is 93.4 Å². The van der Waals surface area contributed by atoms with E-state index in [0.29, 0.717) is 0 Å². The van der Waals surface area contributed by atoms with Crippen LogP contribution in [0.5, 0.6) is 0 Å². The summed E-state index contributed by atoms with van der Waals surface area (Å²) in [7, 11) is 4.14. The van der Waals surface area contributed by atoms with Crippen molar-refractivity contribution in [2.45, 2.75) is 19.3 Å². The number of hydrogen-bond acceptors (Lipinski definition) is 6. The van der Waals surface area contributed by atoms with E-state index in [2.05, 4.69) is 4.84 Å². The molecule has 0 saturated heterocycles. The lowest BCUT2D eigenvalue weighted by atomic mass is 10.2. The molecular formula is C9H25NO5. The van der Waals surface area contributed by atoms with Gasteiger partial charge >= 0.3 is 0 Å². The number of rotatable bonds is 6. The minimum absolute atomic E-state index is 0.0590. The second-order valence-electron chi connectivity index (χ2n) is 2.46. The van der Waals surface area contributed by atoms with Gasteiger partial charge in [0.1, 0.15) is 6.73 Å². The van der Waals surface area contributed by atoms with Gasteiger partial charge in [0.15, 0.2) is 0 Å². The van der Waals surface area contributed by atoms with E-state index in [1.165, 1.54) is 12.2 Å². The van der Waals surface area contributed by atoms with Crippen molar-refractivity contribution in [1.82, 2.24) is 5.06 Å². The van der Waals surface area contributed by atoms with E-state index in [9.17, 15) is 0 Å². The highest BCUT2D eigenvalue weighted by molar-refractivity contribution is 4.35. The molecule has 0 unspecified atom stereocenters. The van der Waals surface area contributed by atoms with Crippen LogP contribution in [0.25, 0.3) is 0 Å². The Morgan fingerprint density at radius 1 is 0.933 bits per heavy atom. The Labute approximate surface area is 91.7 Å². The Morgan fingerprint density at radius 2 is 1.33 bits per heavy atom. The van der Waals surface area contributed by atoms with Crippen molar-refractivity contribution < 1.29 is 25.3 Å². The van der Waals surface area contributed by atoms with Gasteiger partial charge in [0.25, 0.3) is 0 Å². The Kier molecular flexibility index (Phi) is 31.7. The highest BCUT2D eigenvalue weighted by Crippen LogP contribution is 1.90. The molecule has 6 nitrogen and oxygen atoms in total. The second kappa shape index (κ2) is 23.5. The van der Waals surface area contributed by atoms with E-state index in [1.54, 1.807) is 7.05 Å². The molecule has 0 saturated carbocycles. The van der Waals surface area contributed by atoms with Gasteiger partial charge in [0.2, 0.25) is 0 Å². The van der Waals surface area contributed by atoms with Gasteiger partial charge in [-0.2, -0.15) is 5.06 Å². The molecule has 4 N–H and O–H groups in total. The van der Waals surface area contributed by atoms with Crippen LogP contribution < -0.4 is 0 Å². The van der Waals surface area contributed by atoms with E-state index in [4.69, 9.17) is 20.4 Å². The van der Waals surface area contributed by atoms with Crippen LogP contribution in [-0.4, -0.2) is 66.7 Å². The highest BCUT2D eigenvalue weighted by Gasteiger charge is 1.83. The van der Waals surface area contributed by atoms with E-state index >= 15 is 0 Å². The molecule has 0 atom stereocenters. The molecule has 0 radical (unpaired) electrons. The number of aliphatic hydroxyl groups excluding tert-OH is 4. The zero-order chi connectivity index (χ0) is 12.5. The van der Waals surface area contributed by atoms with Crippen molar-refractivity contribution in [2.75, 3.05) is 41.2 Å². The molecule has 0 aliphatic rings. The minimum atomic E-state index is -0.0590. The first-order valence-corrected chi connectivity index (χ1v) is 4.75. The molecule has 0 aromatic rings. The summed E-state index contributed by atoms with van der Waals surface area (Å²) in [5, 5.41) is 32.9. The monoisotopic (exact) mass is 227 g/mol. The molecule has 96 valence electrons. The third-order valence-corrected chi connectivity index (χ3v) is 1.33. The smallest absolute Gasteiger partial charge is 0.118 e. The average molecular weight is 227 g/mol. The largest absolute Gasteiger partial charge is 0.400 e. The van der Waals surface area contributed by atoms with E-state index < -0.39 is 0 Å². The SMILES string of the molecule is CO.CON(C)CO.OCCCCCO. The lowest BCUT2D eigenvalue weighted by Crippen LogP contribution is -2.16. The van der Waals surface area contributed by atoms with Crippen LogP contribution in [0.2, 0.25) is 0 Å². The van der Waals surface area contributed by atoms with E-state index in [-0.39, 0.29) is 19.9 Å². The zero-order valence-corrected chi connectivity index (χ0v) is 9.89. The fourth-order valence-corrected chi connectivity index (χ4v) is 0.458. The Hall–Kier alpha value is -0.240. The van der Waals surface area contributed by atoms with Gasteiger partial charge < -0.3 is 25.3 Å². The molecule has 0 rings (SSSR count). The van der Waals surface area contributed by atoms with E-state index in [1.807, 2.05) is 0 Å². The average Bonchev–Trinajstić information content (AvgIpc) is 2.32. The number of hydroxylamine groups is 2. The summed E-state index contributed by atoms with van der Waals surface area (Å²) in [6, 6.07) is 0. The van der Waals surface area contributed by atoms with Gasteiger partial charge in [0, 0.05) is 27.4 Å². The molecule has 6 heteroatoms. The summed E-state index contributed by atoms with van der Waals surface area (Å²) in [6.07, 6.45) is 2.58. The predicted molar refractivity (Wildman–Crippen MR) is 58.0 cm³/mol. The van der Waals surface area contributed by atoms with Crippen molar-refractivity contribution in [1.29, 1.82) is 0 Å². The van der Waals surface area contributed by atoms with Crippen LogP contribution in [-0.2, 0) is 4.84 Å². The second-order valence-corrected chi connectivity index (χ2v) is 2.46. The van der Waals surface area contributed by atoms with Crippen molar-refractivity contribution in [3.63, 3.8) is 0 Å². The lowest BCUT2D eigenvalue weighted by Gasteiger charge is -2.06. The van der Waals surface area contributed by atoms with Crippen molar-refractivity contribution in [3.8, 4) is 0 Å². The minimum Gasteiger partial charge on any atom is -0.400 e. The first-order valence-electron chi connectivity index (χ1n) is 4.75. The lowest BCUT2D eigenvalue weighted by molar-refractivity contribution is -0.153. The number of aliphatic hydroxyl groups is 4. The zero-order valence-electron chi connectivity index (χ0n) is 9.89. The molecule has 0 aliphatic heterocycles. The maximum Gasteiger partial charge on any atom is 0.118 e. The quantitative estimate of drug-likeness (QED) is 0.269. The number of hydrogen-bond donors (Lipinski definition) is 4. The molecule has 0 spiro atoms. The molecule has 0 aliphatic carbocycles. The maximum atomic E-state index is 8.21. The Bertz CT molecular complexity index is 76.9. The third-order valence-electron chi connectivity index (χ3n) is 1.33. The molecule has 0 aromatic carbocycles. The predicted octanol–water partition coefficient (Wildman–Crippen LogP) is -0.821. The normalized spacial score (nSPS) is 8.80. The maximum absolute atomic E-state index is 8.21. The highest BCUT2D eigenvalue weighted by atomic mass is 16.7. The molecule has 0 fully saturated rings. The standard InChI is InChI=1S/C5H12O2.C3H9NO2.CH4O/c6-4-2-1-3-5-7;1-4(3-5)6-2;1-2/h6-7H,1-5H2;5H,3H2,1-2H3;2H,1H3. The molecule has 0 heterocycles. The summed E-state index contributed by atoms with van der Waals surface area (Å²) < 4.78 is 0. The van der Waals surface area contributed by atoms with Crippen LogP contribution in [0.15, 0.2) is 0 Å². The van der Waals surface area contributed by atoms with Crippen LogP contribution in [0, 0.1) is 0 Å². The van der Waals surface area contributed by atoms with Gasteiger partial charge in [-0.25, -0.2) is 0 Å².